The molecule has 0 saturated carbocycles. The van der Waals surface area contributed by atoms with Crippen molar-refractivity contribution in [3.8, 4) is 5.69 Å². The lowest BCUT2D eigenvalue weighted by Gasteiger charge is -2.25. The topological polar surface area (TPSA) is 33.4 Å². The number of pyridine rings is 1. The lowest BCUT2D eigenvalue weighted by Crippen LogP contribution is -2.13. The van der Waals surface area contributed by atoms with Crippen LogP contribution in [0.3, 0.4) is 0 Å². The zero-order valence-corrected chi connectivity index (χ0v) is 16.7. The highest BCUT2D eigenvalue weighted by Gasteiger charge is 2.17. The Morgan fingerprint density at radius 3 is 2.38 bits per heavy atom. The molecule has 1 aliphatic rings. The predicted molar refractivity (Wildman–Crippen MR) is 122 cm³/mol. The minimum Gasteiger partial charge on any atom is -0.324 e. The first kappa shape index (κ1) is 17.8. The van der Waals surface area contributed by atoms with Crippen LogP contribution in [0.15, 0.2) is 102 Å². The molecule has 2 aromatic carbocycles. The Morgan fingerprint density at radius 1 is 0.793 bits per heavy atom. The van der Waals surface area contributed by atoms with Crippen LogP contribution in [-0.2, 0) is 0 Å². The highest BCUT2D eigenvalue weighted by atomic mass is 32.2. The molecule has 4 aromatic rings. The summed E-state index contributed by atoms with van der Waals surface area (Å²) in [5.74, 6) is 1.92. The van der Waals surface area contributed by atoms with Crippen molar-refractivity contribution in [3.05, 3.63) is 103 Å². The van der Waals surface area contributed by atoms with Gasteiger partial charge in [0.2, 0.25) is 0 Å². The Kier molecular flexibility index (Phi) is 4.88. The van der Waals surface area contributed by atoms with E-state index < -0.39 is 0 Å². The van der Waals surface area contributed by atoms with E-state index in [-0.39, 0.29) is 0 Å². The standard InChI is InChI=1S/C24H20N4S/c1-2-8-19(9-3-1)28(21-11-6-10-20(18-21)27-15-4-5-16-27)24-13-7-12-22(25-24)23-14-17-29-26-23/h1-13,15-16,18H,14,17H2. The smallest absolute Gasteiger partial charge is 0.138 e. The van der Waals surface area contributed by atoms with E-state index >= 15 is 0 Å². The van der Waals surface area contributed by atoms with Gasteiger partial charge in [0.25, 0.3) is 0 Å². The number of hydrogen-bond donors (Lipinski definition) is 0. The third-order valence-electron chi connectivity index (χ3n) is 4.87. The average molecular weight is 397 g/mol. The zero-order valence-electron chi connectivity index (χ0n) is 15.8. The van der Waals surface area contributed by atoms with Crippen LogP contribution in [0.5, 0.6) is 0 Å². The van der Waals surface area contributed by atoms with E-state index in [0.717, 1.165) is 46.5 Å². The van der Waals surface area contributed by atoms with Gasteiger partial charge in [-0.1, -0.05) is 30.3 Å². The Labute approximate surface area is 174 Å². The summed E-state index contributed by atoms with van der Waals surface area (Å²) in [6.45, 7) is 0. The fourth-order valence-corrected chi connectivity index (χ4v) is 4.20. The fourth-order valence-electron chi connectivity index (χ4n) is 3.48. The summed E-state index contributed by atoms with van der Waals surface area (Å²) in [5.41, 5.74) is 5.28. The summed E-state index contributed by atoms with van der Waals surface area (Å²) in [5, 5.41) is 0. The summed E-state index contributed by atoms with van der Waals surface area (Å²) < 4.78 is 6.66. The van der Waals surface area contributed by atoms with Crippen LogP contribution in [0.4, 0.5) is 17.2 Å². The van der Waals surface area contributed by atoms with E-state index in [2.05, 4.69) is 86.9 Å². The molecule has 1 aliphatic heterocycles. The molecule has 29 heavy (non-hydrogen) atoms. The highest BCUT2D eigenvalue weighted by molar-refractivity contribution is 7.98. The maximum absolute atomic E-state index is 4.98. The number of nitrogens with zero attached hydrogens (tertiary/aromatic N) is 4. The molecular weight excluding hydrogens is 376 g/mol. The van der Waals surface area contributed by atoms with Gasteiger partial charge in [-0.05, 0) is 66.5 Å². The van der Waals surface area contributed by atoms with E-state index in [4.69, 9.17) is 4.98 Å². The van der Waals surface area contributed by atoms with E-state index in [1.165, 1.54) is 0 Å². The van der Waals surface area contributed by atoms with Crippen molar-refractivity contribution < 1.29 is 0 Å². The summed E-state index contributed by atoms with van der Waals surface area (Å²) in [6, 6.07) is 29.1. The quantitative estimate of drug-likeness (QED) is 0.378. The maximum Gasteiger partial charge on any atom is 0.138 e. The molecular formula is C24H20N4S. The van der Waals surface area contributed by atoms with E-state index in [1.807, 2.05) is 24.3 Å². The van der Waals surface area contributed by atoms with Crippen LogP contribution in [0, 0.1) is 0 Å². The maximum atomic E-state index is 4.98. The number of hydrogen-bond acceptors (Lipinski definition) is 4. The van der Waals surface area contributed by atoms with Crippen molar-refractivity contribution in [1.82, 2.24) is 9.55 Å². The largest absolute Gasteiger partial charge is 0.324 e. The van der Waals surface area contributed by atoms with Gasteiger partial charge in [0.05, 0.1) is 11.4 Å². The van der Waals surface area contributed by atoms with Crippen LogP contribution in [0.2, 0.25) is 0 Å². The lowest BCUT2D eigenvalue weighted by molar-refractivity contribution is 1.07. The number of anilines is 3. The predicted octanol–water partition coefficient (Wildman–Crippen LogP) is 6.18. The van der Waals surface area contributed by atoms with Crippen LogP contribution in [0.1, 0.15) is 12.1 Å². The first-order valence-corrected chi connectivity index (χ1v) is 10.6. The first-order valence-electron chi connectivity index (χ1n) is 9.63. The molecule has 0 atom stereocenters. The molecule has 0 spiro atoms. The second kappa shape index (κ2) is 7.97. The molecule has 2 aromatic heterocycles. The summed E-state index contributed by atoms with van der Waals surface area (Å²) in [7, 11) is 0. The third kappa shape index (κ3) is 3.69. The summed E-state index contributed by atoms with van der Waals surface area (Å²) in [4.78, 5) is 7.17. The van der Waals surface area contributed by atoms with Gasteiger partial charge >= 0.3 is 0 Å². The van der Waals surface area contributed by atoms with Crippen molar-refractivity contribution in [2.24, 2.45) is 4.40 Å². The van der Waals surface area contributed by atoms with Gasteiger partial charge in [0, 0.05) is 41.6 Å². The van der Waals surface area contributed by atoms with Gasteiger partial charge in [-0.2, -0.15) is 0 Å². The Balaban J connectivity index is 1.62. The molecule has 0 fully saturated rings. The molecule has 0 unspecified atom stereocenters. The molecule has 5 heteroatoms. The van der Waals surface area contributed by atoms with Crippen LogP contribution in [0.25, 0.3) is 5.69 Å². The molecule has 0 radical (unpaired) electrons. The lowest BCUT2D eigenvalue weighted by atomic mass is 10.2. The summed E-state index contributed by atoms with van der Waals surface area (Å²) >= 11 is 1.62. The fraction of sp³-hybridized carbons (Fsp3) is 0.0833. The minimum absolute atomic E-state index is 0.887. The molecule has 4 nitrogen and oxygen atoms in total. The Morgan fingerprint density at radius 2 is 1.59 bits per heavy atom. The van der Waals surface area contributed by atoms with Crippen LogP contribution < -0.4 is 4.90 Å². The van der Waals surface area contributed by atoms with Gasteiger partial charge in [-0.3, -0.25) is 4.90 Å². The molecule has 0 saturated heterocycles. The molecule has 0 N–H and O–H groups in total. The van der Waals surface area contributed by atoms with Gasteiger partial charge in [-0.25, -0.2) is 9.38 Å². The van der Waals surface area contributed by atoms with Gasteiger partial charge < -0.3 is 4.57 Å². The average Bonchev–Trinajstić information content (AvgIpc) is 3.50. The Hall–Kier alpha value is -3.31. The van der Waals surface area contributed by atoms with Crippen molar-refractivity contribution in [2.75, 3.05) is 10.7 Å². The second-order valence-corrected chi connectivity index (χ2v) is 7.63. The molecule has 0 amide bonds. The number of aromatic nitrogens is 2. The van der Waals surface area contributed by atoms with Gasteiger partial charge in [0.1, 0.15) is 5.82 Å². The van der Waals surface area contributed by atoms with E-state index in [1.54, 1.807) is 11.9 Å². The molecule has 3 heterocycles. The first-order chi connectivity index (χ1) is 14.4. The van der Waals surface area contributed by atoms with E-state index in [9.17, 15) is 0 Å². The molecule has 0 aliphatic carbocycles. The molecule has 142 valence electrons. The zero-order chi connectivity index (χ0) is 19.5. The minimum atomic E-state index is 0.887. The van der Waals surface area contributed by atoms with Crippen molar-refractivity contribution in [3.63, 3.8) is 0 Å². The van der Waals surface area contributed by atoms with Crippen LogP contribution >= 0.6 is 11.9 Å². The SMILES string of the molecule is c1ccc(N(c2cccc(-n3cccc3)c2)c2cccc(C3=NSCC3)n2)cc1. The third-order valence-corrected chi connectivity index (χ3v) is 5.61. The number of rotatable bonds is 5. The van der Waals surface area contributed by atoms with Gasteiger partial charge in [0.15, 0.2) is 0 Å². The summed E-state index contributed by atoms with van der Waals surface area (Å²) in [6.07, 6.45) is 5.08. The molecule has 5 rings (SSSR count). The second-order valence-electron chi connectivity index (χ2n) is 6.78. The highest BCUT2D eigenvalue weighted by Crippen LogP contribution is 2.34. The normalized spacial score (nSPS) is 13.3. The van der Waals surface area contributed by atoms with Crippen molar-refractivity contribution in [1.29, 1.82) is 0 Å². The Bertz CT molecular complexity index is 1140. The van der Waals surface area contributed by atoms with Gasteiger partial charge in [-0.15, -0.1) is 0 Å². The number of benzene rings is 2. The number of para-hydroxylation sites is 1. The molecule has 0 bridgehead atoms. The van der Waals surface area contributed by atoms with E-state index in [0.29, 0.717) is 0 Å². The van der Waals surface area contributed by atoms with Crippen molar-refractivity contribution in [2.45, 2.75) is 6.42 Å². The monoisotopic (exact) mass is 396 g/mol. The van der Waals surface area contributed by atoms with Crippen molar-refractivity contribution >= 4 is 34.9 Å². The van der Waals surface area contributed by atoms with Crippen LogP contribution in [-0.4, -0.2) is 21.0 Å².